The van der Waals surface area contributed by atoms with Crippen molar-refractivity contribution in [1.29, 1.82) is 0 Å². The van der Waals surface area contributed by atoms with Gasteiger partial charge < -0.3 is 5.32 Å². The molecule has 1 aromatic carbocycles. The molecule has 0 radical (unpaired) electrons. The van der Waals surface area contributed by atoms with Crippen molar-refractivity contribution in [3.63, 3.8) is 0 Å². The van der Waals surface area contributed by atoms with E-state index >= 15 is 0 Å². The van der Waals surface area contributed by atoms with Gasteiger partial charge in [-0.1, -0.05) is 24.3 Å². The van der Waals surface area contributed by atoms with Crippen LogP contribution in [0, 0.1) is 0 Å². The van der Waals surface area contributed by atoms with Crippen molar-refractivity contribution in [1.82, 2.24) is 9.88 Å². The highest BCUT2D eigenvalue weighted by molar-refractivity contribution is 7.09. The molecule has 4 rings (SSSR count). The van der Waals surface area contributed by atoms with E-state index in [1.165, 1.54) is 23.1 Å². The number of likely N-dealkylation sites (tertiary alicyclic amines) is 1. The third kappa shape index (κ3) is 5.15. The molecule has 156 valence electrons. The van der Waals surface area contributed by atoms with Crippen LogP contribution in [0.5, 0.6) is 0 Å². The summed E-state index contributed by atoms with van der Waals surface area (Å²) in [5.74, 6) is -0.0350. The summed E-state index contributed by atoms with van der Waals surface area (Å²) in [5, 5.41) is 5.00. The first-order chi connectivity index (χ1) is 14.6. The number of thiophene rings is 1. The molecule has 4 nitrogen and oxygen atoms in total. The second-order valence-corrected chi connectivity index (χ2v) is 9.26. The quantitative estimate of drug-likeness (QED) is 0.568. The van der Waals surface area contributed by atoms with Crippen LogP contribution < -0.4 is 5.32 Å². The van der Waals surface area contributed by atoms with Crippen LogP contribution in [-0.2, 0) is 23.2 Å². The molecule has 1 aliphatic heterocycles. The first-order valence-corrected chi connectivity index (χ1v) is 11.5. The second-order valence-electron chi connectivity index (χ2n) is 8.23. The Bertz CT molecular complexity index is 930. The molecule has 0 unspecified atom stereocenters. The minimum absolute atomic E-state index is 0.0350. The summed E-state index contributed by atoms with van der Waals surface area (Å²) in [7, 11) is 0. The molecule has 0 bridgehead atoms. The standard InChI is InChI=1S/C25H29N3OS/c1-20(29)27-22-9-7-21(8-10-22)19-28-16-13-25(14-17-28,24-6-2-3-15-26-24)12-11-23-5-4-18-30-23/h2-10,15,18H,11-14,16-17,19H2,1H3,(H,27,29). The number of carbonyl (C=O) groups is 1. The Balaban J connectivity index is 1.40. The highest BCUT2D eigenvalue weighted by Crippen LogP contribution is 2.39. The van der Waals surface area contributed by atoms with E-state index in [0.717, 1.165) is 51.0 Å². The molecule has 3 heterocycles. The lowest BCUT2D eigenvalue weighted by atomic mass is 9.72. The van der Waals surface area contributed by atoms with Gasteiger partial charge in [0, 0.05) is 41.3 Å². The number of anilines is 1. The summed E-state index contributed by atoms with van der Waals surface area (Å²) in [5.41, 5.74) is 3.55. The molecule has 3 aromatic rings. The van der Waals surface area contributed by atoms with Crippen LogP contribution in [0.1, 0.15) is 42.3 Å². The van der Waals surface area contributed by atoms with Crippen LogP contribution in [0.25, 0.3) is 0 Å². The first-order valence-electron chi connectivity index (χ1n) is 10.7. The summed E-state index contributed by atoms with van der Waals surface area (Å²) < 4.78 is 0. The van der Waals surface area contributed by atoms with Crippen molar-refractivity contribution < 1.29 is 4.79 Å². The molecule has 1 saturated heterocycles. The lowest BCUT2D eigenvalue weighted by Gasteiger charge is -2.42. The SMILES string of the molecule is CC(=O)Nc1ccc(CN2CCC(CCc3cccs3)(c3ccccn3)CC2)cc1. The summed E-state index contributed by atoms with van der Waals surface area (Å²) >= 11 is 1.86. The van der Waals surface area contributed by atoms with E-state index in [4.69, 9.17) is 4.98 Å². The number of benzene rings is 1. The molecule has 1 N–H and O–H groups in total. The van der Waals surface area contributed by atoms with Crippen LogP contribution in [0.2, 0.25) is 0 Å². The van der Waals surface area contributed by atoms with Gasteiger partial charge in [0.25, 0.3) is 0 Å². The minimum atomic E-state index is -0.0350. The number of rotatable bonds is 7. The van der Waals surface area contributed by atoms with E-state index in [-0.39, 0.29) is 11.3 Å². The Morgan fingerprint density at radius 1 is 1.10 bits per heavy atom. The molecule has 0 atom stereocenters. The summed E-state index contributed by atoms with van der Waals surface area (Å²) in [6, 6.07) is 18.9. The molecule has 2 aromatic heterocycles. The normalized spacial score (nSPS) is 16.3. The number of pyridine rings is 1. The van der Waals surface area contributed by atoms with E-state index in [1.54, 1.807) is 0 Å². The molecule has 0 spiro atoms. The minimum Gasteiger partial charge on any atom is -0.326 e. The number of aryl methyl sites for hydroxylation is 1. The van der Waals surface area contributed by atoms with E-state index in [0.29, 0.717) is 0 Å². The van der Waals surface area contributed by atoms with Gasteiger partial charge in [0.2, 0.25) is 5.91 Å². The Morgan fingerprint density at radius 2 is 1.90 bits per heavy atom. The lowest BCUT2D eigenvalue weighted by molar-refractivity contribution is -0.114. The Hall–Kier alpha value is -2.50. The number of nitrogens with zero attached hydrogens (tertiary/aromatic N) is 2. The van der Waals surface area contributed by atoms with Gasteiger partial charge in [0.1, 0.15) is 0 Å². The Labute approximate surface area is 183 Å². The number of nitrogens with one attached hydrogen (secondary N) is 1. The van der Waals surface area contributed by atoms with Crippen LogP contribution in [0.15, 0.2) is 66.2 Å². The Kier molecular flexibility index (Phi) is 6.60. The number of carbonyl (C=O) groups excluding carboxylic acids is 1. The fraction of sp³-hybridized carbons (Fsp3) is 0.360. The van der Waals surface area contributed by atoms with Gasteiger partial charge in [-0.2, -0.15) is 0 Å². The van der Waals surface area contributed by atoms with Crippen molar-refractivity contribution in [3.8, 4) is 0 Å². The highest BCUT2D eigenvalue weighted by atomic mass is 32.1. The summed E-state index contributed by atoms with van der Waals surface area (Å²) in [6.07, 6.45) is 6.49. The zero-order valence-corrected chi connectivity index (χ0v) is 18.3. The molecule has 5 heteroatoms. The van der Waals surface area contributed by atoms with Gasteiger partial charge in [-0.3, -0.25) is 14.7 Å². The monoisotopic (exact) mass is 419 g/mol. The van der Waals surface area contributed by atoms with Crippen molar-refractivity contribution in [2.75, 3.05) is 18.4 Å². The van der Waals surface area contributed by atoms with Gasteiger partial charge in [-0.15, -0.1) is 11.3 Å². The van der Waals surface area contributed by atoms with Crippen LogP contribution in [0.3, 0.4) is 0 Å². The number of piperidine rings is 1. The van der Waals surface area contributed by atoms with Gasteiger partial charge in [0.05, 0.1) is 0 Å². The zero-order valence-electron chi connectivity index (χ0n) is 17.5. The fourth-order valence-electron chi connectivity index (χ4n) is 4.42. The van der Waals surface area contributed by atoms with Crippen molar-refractivity contribution in [2.45, 2.75) is 44.6 Å². The van der Waals surface area contributed by atoms with Gasteiger partial charge in [-0.25, -0.2) is 0 Å². The van der Waals surface area contributed by atoms with E-state index in [2.05, 4.69) is 52.0 Å². The largest absolute Gasteiger partial charge is 0.326 e. The number of hydrogen-bond donors (Lipinski definition) is 1. The molecule has 1 aliphatic rings. The summed E-state index contributed by atoms with van der Waals surface area (Å²) in [4.78, 5) is 20.0. The van der Waals surface area contributed by atoms with Crippen molar-refractivity contribution in [3.05, 3.63) is 82.3 Å². The summed E-state index contributed by atoms with van der Waals surface area (Å²) in [6.45, 7) is 4.64. The van der Waals surface area contributed by atoms with Crippen LogP contribution in [0.4, 0.5) is 5.69 Å². The first kappa shape index (κ1) is 20.8. The lowest BCUT2D eigenvalue weighted by Crippen LogP contribution is -2.43. The predicted molar refractivity (Wildman–Crippen MR) is 124 cm³/mol. The molecule has 1 amide bonds. The van der Waals surface area contributed by atoms with Gasteiger partial charge in [0.15, 0.2) is 0 Å². The van der Waals surface area contributed by atoms with Crippen LogP contribution in [-0.4, -0.2) is 28.9 Å². The maximum absolute atomic E-state index is 11.2. The molecule has 0 aliphatic carbocycles. The van der Waals surface area contributed by atoms with Crippen LogP contribution >= 0.6 is 11.3 Å². The molecular formula is C25H29N3OS. The molecule has 0 saturated carbocycles. The zero-order chi connectivity index (χ0) is 20.8. The van der Waals surface area contributed by atoms with E-state index in [9.17, 15) is 4.79 Å². The number of aromatic nitrogens is 1. The van der Waals surface area contributed by atoms with Crippen molar-refractivity contribution in [2.24, 2.45) is 0 Å². The highest BCUT2D eigenvalue weighted by Gasteiger charge is 2.37. The van der Waals surface area contributed by atoms with Gasteiger partial charge >= 0.3 is 0 Å². The fourth-order valence-corrected chi connectivity index (χ4v) is 5.13. The van der Waals surface area contributed by atoms with E-state index in [1.807, 2.05) is 35.7 Å². The second kappa shape index (κ2) is 9.54. The predicted octanol–water partition coefficient (Wildman–Crippen LogP) is 5.27. The molecular weight excluding hydrogens is 390 g/mol. The van der Waals surface area contributed by atoms with Crippen molar-refractivity contribution >= 4 is 22.9 Å². The third-order valence-corrected chi connectivity index (χ3v) is 7.07. The van der Waals surface area contributed by atoms with Gasteiger partial charge in [-0.05, 0) is 80.0 Å². The third-order valence-electron chi connectivity index (χ3n) is 6.13. The average molecular weight is 420 g/mol. The average Bonchev–Trinajstić information content (AvgIpc) is 3.29. The maximum Gasteiger partial charge on any atom is 0.221 e. The molecule has 30 heavy (non-hydrogen) atoms. The maximum atomic E-state index is 11.2. The number of hydrogen-bond acceptors (Lipinski definition) is 4. The van der Waals surface area contributed by atoms with E-state index < -0.39 is 0 Å². The smallest absolute Gasteiger partial charge is 0.221 e. The molecule has 1 fully saturated rings. The Morgan fingerprint density at radius 3 is 2.53 bits per heavy atom. The topological polar surface area (TPSA) is 45.2 Å². The number of amides is 1.